The number of methoxy groups -OCH3 is 1. The molecule has 2 heterocycles. The largest absolute Gasteiger partial charge is 0.497 e. The zero-order valence-electron chi connectivity index (χ0n) is 14.5. The predicted molar refractivity (Wildman–Crippen MR) is 95.8 cm³/mol. The Kier molecular flexibility index (Phi) is 4.35. The maximum absolute atomic E-state index is 13.1. The molecule has 2 aliphatic rings. The van der Waals surface area contributed by atoms with Crippen molar-refractivity contribution >= 4 is 5.91 Å². The second-order valence-electron chi connectivity index (χ2n) is 6.78. The van der Waals surface area contributed by atoms with E-state index < -0.39 is 0 Å². The highest BCUT2D eigenvalue weighted by Crippen LogP contribution is 2.35. The van der Waals surface area contributed by atoms with Crippen LogP contribution in [0.5, 0.6) is 11.5 Å². The summed E-state index contributed by atoms with van der Waals surface area (Å²) in [7, 11) is 1.67. The minimum Gasteiger partial charge on any atom is -0.497 e. The lowest BCUT2D eigenvalue weighted by Crippen LogP contribution is -2.40. The molecule has 0 aromatic heterocycles. The van der Waals surface area contributed by atoms with Crippen LogP contribution in [0.3, 0.4) is 0 Å². The number of carbonyl (C=O) groups excluding carboxylic acids is 1. The molecule has 0 aliphatic carbocycles. The van der Waals surface area contributed by atoms with Crippen molar-refractivity contribution in [3.05, 3.63) is 59.7 Å². The maximum atomic E-state index is 13.1. The second-order valence-corrected chi connectivity index (χ2v) is 6.78. The van der Waals surface area contributed by atoms with Crippen molar-refractivity contribution in [3.8, 4) is 11.5 Å². The lowest BCUT2D eigenvalue weighted by Gasteiger charge is -2.31. The maximum Gasteiger partial charge on any atom is 0.229 e. The van der Waals surface area contributed by atoms with E-state index in [9.17, 15) is 4.79 Å². The molecule has 25 heavy (non-hydrogen) atoms. The van der Waals surface area contributed by atoms with Crippen LogP contribution < -0.4 is 9.47 Å². The van der Waals surface area contributed by atoms with E-state index in [2.05, 4.69) is 18.2 Å². The molecule has 0 saturated carbocycles. The number of ether oxygens (including phenoxy) is 2. The Morgan fingerprint density at radius 1 is 1.16 bits per heavy atom. The highest BCUT2D eigenvalue weighted by Gasteiger charge is 2.36. The summed E-state index contributed by atoms with van der Waals surface area (Å²) >= 11 is 0. The minimum absolute atomic E-state index is 0.0891. The molecular formula is C21H23NO3. The molecule has 1 fully saturated rings. The predicted octanol–water partition coefficient (Wildman–Crippen LogP) is 3.61. The van der Waals surface area contributed by atoms with E-state index in [1.807, 2.05) is 35.2 Å². The Balaban J connectivity index is 1.51. The van der Waals surface area contributed by atoms with Crippen LogP contribution in [0.1, 0.15) is 30.0 Å². The van der Waals surface area contributed by atoms with Gasteiger partial charge in [-0.2, -0.15) is 0 Å². The van der Waals surface area contributed by atoms with E-state index in [0.717, 1.165) is 42.9 Å². The van der Waals surface area contributed by atoms with Crippen molar-refractivity contribution in [2.24, 2.45) is 5.92 Å². The van der Waals surface area contributed by atoms with Crippen molar-refractivity contribution in [2.45, 2.75) is 25.3 Å². The summed E-state index contributed by atoms with van der Waals surface area (Å²) in [6.45, 7) is 1.30. The number of likely N-dealkylation sites (tertiary alicyclic amines) is 1. The number of nitrogens with zero attached hydrogens (tertiary/aromatic N) is 1. The summed E-state index contributed by atoms with van der Waals surface area (Å²) in [5, 5.41) is 0. The summed E-state index contributed by atoms with van der Waals surface area (Å²) < 4.78 is 11.1. The molecule has 2 aliphatic heterocycles. The summed E-state index contributed by atoms with van der Waals surface area (Å²) in [4.78, 5) is 15.2. The molecule has 2 aromatic rings. The third-order valence-corrected chi connectivity index (χ3v) is 5.26. The minimum atomic E-state index is -0.0891. The van der Waals surface area contributed by atoms with Crippen molar-refractivity contribution in [2.75, 3.05) is 20.3 Å². The third kappa shape index (κ3) is 3.09. The van der Waals surface area contributed by atoms with Gasteiger partial charge in [0.2, 0.25) is 5.91 Å². The van der Waals surface area contributed by atoms with Crippen LogP contribution in [0, 0.1) is 5.92 Å². The van der Waals surface area contributed by atoms with Gasteiger partial charge in [0.05, 0.1) is 19.1 Å². The van der Waals surface area contributed by atoms with Crippen molar-refractivity contribution in [1.82, 2.24) is 4.90 Å². The normalized spacial score (nSPS) is 22.2. The molecule has 0 N–H and O–H groups in total. The van der Waals surface area contributed by atoms with Gasteiger partial charge in [-0.3, -0.25) is 4.79 Å². The van der Waals surface area contributed by atoms with Crippen LogP contribution in [-0.2, 0) is 11.2 Å². The molecule has 4 rings (SSSR count). The molecule has 0 spiro atoms. The molecule has 2 aromatic carbocycles. The standard InChI is InChI=1S/C21H23NO3/c1-24-18-10-8-15(9-11-18)19-6-4-12-22(19)21(23)17-13-16-5-2-3-7-20(16)25-14-17/h2-3,5,7-11,17,19H,4,6,12-14H2,1H3. The summed E-state index contributed by atoms with van der Waals surface area (Å²) in [6.07, 6.45) is 2.83. The first kappa shape index (κ1) is 16.0. The first-order valence-electron chi connectivity index (χ1n) is 8.91. The van der Waals surface area contributed by atoms with Gasteiger partial charge >= 0.3 is 0 Å². The van der Waals surface area contributed by atoms with Crippen LogP contribution in [0.4, 0.5) is 0 Å². The van der Waals surface area contributed by atoms with Gasteiger partial charge in [0.15, 0.2) is 0 Å². The van der Waals surface area contributed by atoms with Crippen LogP contribution in [0.15, 0.2) is 48.5 Å². The van der Waals surface area contributed by atoms with E-state index in [0.29, 0.717) is 6.61 Å². The molecule has 2 atom stereocenters. The number of rotatable bonds is 3. The summed E-state index contributed by atoms with van der Waals surface area (Å²) in [5.74, 6) is 1.89. The number of para-hydroxylation sites is 1. The SMILES string of the molecule is COc1ccc(C2CCCN2C(=O)C2COc3ccccc3C2)cc1. The molecule has 0 bridgehead atoms. The fraction of sp³-hybridized carbons (Fsp3) is 0.381. The third-order valence-electron chi connectivity index (χ3n) is 5.26. The molecular weight excluding hydrogens is 314 g/mol. The lowest BCUT2D eigenvalue weighted by atomic mass is 9.94. The first-order valence-corrected chi connectivity index (χ1v) is 8.91. The van der Waals surface area contributed by atoms with E-state index >= 15 is 0 Å². The van der Waals surface area contributed by atoms with Crippen molar-refractivity contribution in [3.63, 3.8) is 0 Å². The van der Waals surface area contributed by atoms with Crippen LogP contribution in [0.2, 0.25) is 0 Å². The average molecular weight is 337 g/mol. The van der Waals surface area contributed by atoms with Gasteiger partial charge < -0.3 is 14.4 Å². The number of carbonyl (C=O) groups is 1. The fourth-order valence-electron chi connectivity index (χ4n) is 3.92. The number of benzene rings is 2. The van der Waals surface area contributed by atoms with E-state index in [1.165, 1.54) is 5.56 Å². The van der Waals surface area contributed by atoms with Gasteiger partial charge in [0, 0.05) is 6.54 Å². The van der Waals surface area contributed by atoms with Crippen LogP contribution >= 0.6 is 0 Å². The number of hydrogen-bond acceptors (Lipinski definition) is 3. The lowest BCUT2D eigenvalue weighted by molar-refractivity contribution is -0.137. The zero-order chi connectivity index (χ0) is 17.2. The van der Waals surface area contributed by atoms with Gasteiger partial charge in [-0.25, -0.2) is 0 Å². The van der Waals surface area contributed by atoms with Gasteiger partial charge in [-0.1, -0.05) is 30.3 Å². The Hall–Kier alpha value is -2.49. The fourth-order valence-corrected chi connectivity index (χ4v) is 3.92. The molecule has 4 heteroatoms. The van der Waals surface area contributed by atoms with Crippen molar-refractivity contribution in [1.29, 1.82) is 0 Å². The Bertz CT molecular complexity index is 756. The smallest absolute Gasteiger partial charge is 0.229 e. The highest BCUT2D eigenvalue weighted by molar-refractivity contribution is 5.80. The summed E-state index contributed by atoms with van der Waals surface area (Å²) in [5.41, 5.74) is 2.32. The van der Waals surface area contributed by atoms with Gasteiger partial charge in [0.25, 0.3) is 0 Å². The number of fused-ring (bicyclic) bond motifs is 1. The van der Waals surface area contributed by atoms with Gasteiger partial charge in [0.1, 0.15) is 18.1 Å². The Labute approximate surface area is 148 Å². The highest BCUT2D eigenvalue weighted by atomic mass is 16.5. The number of amides is 1. The number of hydrogen-bond donors (Lipinski definition) is 0. The van der Waals surface area contributed by atoms with E-state index in [4.69, 9.17) is 9.47 Å². The topological polar surface area (TPSA) is 38.8 Å². The van der Waals surface area contributed by atoms with Crippen LogP contribution in [0.25, 0.3) is 0 Å². The van der Waals surface area contributed by atoms with Crippen LogP contribution in [-0.4, -0.2) is 31.1 Å². The van der Waals surface area contributed by atoms with Gasteiger partial charge in [-0.05, 0) is 48.6 Å². The Morgan fingerprint density at radius 2 is 1.96 bits per heavy atom. The van der Waals surface area contributed by atoms with E-state index in [-0.39, 0.29) is 17.9 Å². The second kappa shape index (κ2) is 6.79. The molecule has 1 amide bonds. The van der Waals surface area contributed by atoms with Crippen molar-refractivity contribution < 1.29 is 14.3 Å². The molecule has 130 valence electrons. The van der Waals surface area contributed by atoms with E-state index in [1.54, 1.807) is 7.11 Å². The quantitative estimate of drug-likeness (QED) is 0.859. The first-order chi connectivity index (χ1) is 12.3. The molecule has 2 unspecified atom stereocenters. The Morgan fingerprint density at radius 3 is 2.76 bits per heavy atom. The monoisotopic (exact) mass is 337 g/mol. The molecule has 1 saturated heterocycles. The van der Waals surface area contributed by atoms with Gasteiger partial charge in [-0.15, -0.1) is 0 Å². The zero-order valence-corrected chi connectivity index (χ0v) is 14.5. The molecule has 0 radical (unpaired) electrons. The average Bonchev–Trinajstić information content (AvgIpc) is 3.17. The summed E-state index contributed by atoms with van der Waals surface area (Å²) in [6, 6.07) is 16.3. The molecule has 4 nitrogen and oxygen atoms in total.